The van der Waals surface area contributed by atoms with Crippen LogP contribution in [0.4, 0.5) is 11.9 Å². The largest absolute Gasteiger partial charge is 0.354 e. The van der Waals surface area contributed by atoms with Crippen molar-refractivity contribution >= 4 is 23.5 Å². The quantitative estimate of drug-likeness (QED) is 0.881. The molecule has 7 nitrogen and oxygen atoms in total. The van der Waals surface area contributed by atoms with Gasteiger partial charge in [0.2, 0.25) is 17.2 Å². The molecule has 1 N–H and O–H groups in total. The fourth-order valence-electron chi connectivity index (χ4n) is 1.52. The number of aryl methyl sites for hydroxylation is 1. The lowest BCUT2D eigenvalue weighted by Crippen LogP contribution is -2.16. The van der Waals surface area contributed by atoms with E-state index < -0.39 is 0 Å². The maximum Gasteiger partial charge on any atom is 0.230 e. The first-order valence-electron chi connectivity index (χ1n) is 5.86. The van der Waals surface area contributed by atoms with Crippen LogP contribution in [0.25, 0.3) is 0 Å². The molecule has 2 aromatic rings. The van der Waals surface area contributed by atoms with Gasteiger partial charge in [-0.15, -0.1) is 0 Å². The Morgan fingerprint density at radius 2 is 2.11 bits per heavy atom. The van der Waals surface area contributed by atoms with Crippen LogP contribution in [0.15, 0.2) is 12.3 Å². The Balaban J connectivity index is 1.95. The van der Waals surface area contributed by atoms with Crippen molar-refractivity contribution in [1.29, 1.82) is 0 Å². The number of aromatic nitrogens is 5. The Morgan fingerprint density at radius 1 is 1.32 bits per heavy atom. The summed E-state index contributed by atoms with van der Waals surface area (Å²) in [6.45, 7) is 0.685. The van der Waals surface area contributed by atoms with Crippen LogP contribution in [-0.2, 0) is 13.5 Å². The molecule has 0 amide bonds. The van der Waals surface area contributed by atoms with Crippen LogP contribution in [-0.4, -0.2) is 45.4 Å². The predicted molar refractivity (Wildman–Crippen MR) is 74.6 cm³/mol. The van der Waals surface area contributed by atoms with E-state index in [1.54, 1.807) is 9.58 Å². The first kappa shape index (κ1) is 13.5. The van der Waals surface area contributed by atoms with E-state index in [1.807, 2.05) is 33.4 Å². The van der Waals surface area contributed by atoms with Crippen LogP contribution in [0.2, 0.25) is 5.28 Å². The van der Waals surface area contributed by atoms with Gasteiger partial charge in [0.15, 0.2) is 0 Å². The van der Waals surface area contributed by atoms with Crippen molar-refractivity contribution in [2.75, 3.05) is 30.9 Å². The number of halogens is 1. The summed E-state index contributed by atoms with van der Waals surface area (Å²) in [7, 11) is 5.60. The lowest BCUT2D eigenvalue weighted by Gasteiger charge is -2.11. The average molecular weight is 282 g/mol. The smallest absolute Gasteiger partial charge is 0.230 e. The molecule has 0 aliphatic heterocycles. The highest BCUT2D eigenvalue weighted by molar-refractivity contribution is 6.28. The van der Waals surface area contributed by atoms with Gasteiger partial charge in [0, 0.05) is 40.3 Å². The van der Waals surface area contributed by atoms with E-state index in [-0.39, 0.29) is 5.28 Å². The third-order valence-corrected chi connectivity index (χ3v) is 2.60. The van der Waals surface area contributed by atoms with Crippen LogP contribution in [0.1, 0.15) is 5.69 Å². The first-order valence-corrected chi connectivity index (χ1v) is 6.23. The standard InChI is InChI=1S/C11H16ClN7/c1-18(2)11-15-9(12)14-10(16-11)13-6-4-8-5-7-19(3)17-8/h5,7H,4,6H2,1-3H3,(H,13,14,15,16). The molecule has 0 unspecified atom stereocenters. The summed E-state index contributed by atoms with van der Waals surface area (Å²) in [5, 5.41) is 7.59. The molecular formula is C11H16ClN7. The molecule has 19 heavy (non-hydrogen) atoms. The molecule has 2 heterocycles. The summed E-state index contributed by atoms with van der Waals surface area (Å²) in [6, 6.07) is 1.98. The molecule has 0 radical (unpaired) electrons. The van der Waals surface area contributed by atoms with Gasteiger partial charge < -0.3 is 10.2 Å². The van der Waals surface area contributed by atoms with Gasteiger partial charge in [-0.05, 0) is 17.7 Å². The van der Waals surface area contributed by atoms with E-state index in [1.165, 1.54) is 0 Å². The summed E-state index contributed by atoms with van der Waals surface area (Å²) < 4.78 is 1.78. The van der Waals surface area contributed by atoms with Crippen LogP contribution < -0.4 is 10.2 Å². The fourth-order valence-corrected chi connectivity index (χ4v) is 1.67. The monoisotopic (exact) mass is 281 g/mol. The molecule has 2 rings (SSSR count). The Bertz CT molecular complexity index is 552. The maximum absolute atomic E-state index is 5.85. The van der Waals surface area contributed by atoms with Gasteiger partial charge in [-0.25, -0.2) is 0 Å². The summed E-state index contributed by atoms with van der Waals surface area (Å²) in [4.78, 5) is 14.1. The molecule has 0 atom stereocenters. The SMILES string of the molecule is CN(C)c1nc(Cl)nc(NCCc2ccn(C)n2)n1. The molecule has 0 saturated carbocycles. The minimum atomic E-state index is 0.180. The number of rotatable bonds is 5. The Hall–Kier alpha value is -1.89. The van der Waals surface area contributed by atoms with Crippen LogP contribution in [0.3, 0.4) is 0 Å². The van der Waals surface area contributed by atoms with Gasteiger partial charge in [-0.1, -0.05) is 0 Å². The highest BCUT2D eigenvalue weighted by Crippen LogP contribution is 2.11. The van der Waals surface area contributed by atoms with Crippen molar-refractivity contribution in [3.05, 3.63) is 23.2 Å². The second kappa shape index (κ2) is 5.83. The van der Waals surface area contributed by atoms with Gasteiger partial charge in [-0.2, -0.15) is 20.1 Å². The molecule has 102 valence electrons. The first-order chi connectivity index (χ1) is 9.04. The summed E-state index contributed by atoms with van der Waals surface area (Å²) in [5.41, 5.74) is 1.02. The molecule has 0 fully saturated rings. The topological polar surface area (TPSA) is 71.8 Å². The molecule has 2 aromatic heterocycles. The number of nitrogens with zero attached hydrogens (tertiary/aromatic N) is 6. The normalized spacial score (nSPS) is 10.5. The number of hydrogen-bond acceptors (Lipinski definition) is 6. The van der Waals surface area contributed by atoms with Crippen molar-refractivity contribution in [3.63, 3.8) is 0 Å². The predicted octanol–water partition coefficient (Wildman–Crippen LogP) is 0.979. The molecular weight excluding hydrogens is 266 g/mol. The second-order valence-corrected chi connectivity index (χ2v) is 4.62. The average Bonchev–Trinajstić information content (AvgIpc) is 2.74. The molecule has 0 aromatic carbocycles. The zero-order chi connectivity index (χ0) is 13.8. The number of hydrogen-bond donors (Lipinski definition) is 1. The molecule has 0 saturated heterocycles. The van der Waals surface area contributed by atoms with E-state index in [4.69, 9.17) is 11.6 Å². The van der Waals surface area contributed by atoms with Crippen molar-refractivity contribution < 1.29 is 0 Å². The minimum absolute atomic E-state index is 0.180. The summed E-state index contributed by atoms with van der Waals surface area (Å²) in [6.07, 6.45) is 2.71. The van der Waals surface area contributed by atoms with Gasteiger partial charge in [0.25, 0.3) is 0 Å². The molecule has 0 spiro atoms. The molecule has 0 bridgehead atoms. The minimum Gasteiger partial charge on any atom is -0.354 e. The third kappa shape index (κ3) is 3.78. The number of anilines is 2. The van der Waals surface area contributed by atoms with Crippen LogP contribution >= 0.6 is 11.6 Å². The van der Waals surface area contributed by atoms with Crippen molar-refractivity contribution in [2.45, 2.75) is 6.42 Å². The van der Waals surface area contributed by atoms with Gasteiger partial charge in [0.1, 0.15) is 0 Å². The zero-order valence-electron chi connectivity index (χ0n) is 11.1. The zero-order valence-corrected chi connectivity index (χ0v) is 11.9. The highest BCUT2D eigenvalue weighted by atomic mass is 35.5. The van der Waals surface area contributed by atoms with Crippen molar-refractivity contribution in [1.82, 2.24) is 24.7 Å². The third-order valence-electron chi connectivity index (χ3n) is 2.43. The van der Waals surface area contributed by atoms with Gasteiger partial charge >= 0.3 is 0 Å². The second-order valence-electron chi connectivity index (χ2n) is 4.28. The Labute approximate surface area is 116 Å². The van der Waals surface area contributed by atoms with E-state index in [0.29, 0.717) is 18.4 Å². The van der Waals surface area contributed by atoms with Crippen LogP contribution in [0.5, 0.6) is 0 Å². The van der Waals surface area contributed by atoms with E-state index in [0.717, 1.165) is 12.1 Å². The van der Waals surface area contributed by atoms with Crippen LogP contribution in [0, 0.1) is 0 Å². The fraction of sp³-hybridized carbons (Fsp3) is 0.455. The Kier molecular flexibility index (Phi) is 4.16. The van der Waals surface area contributed by atoms with E-state index >= 15 is 0 Å². The van der Waals surface area contributed by atoms with Crippen molar-refractivity contribution in [3.8, 4) is 0 Å². The molecule has 0 aliphatic carbocycles. The highest BCUT2D eigenvalue weighted by Gasteiger charge is 2.06. The lowest BCUT2D eigenvalue weighted by atomic mass is 10.3. The Morgan fingerprint density at radius 3 is 2.74 bits per heavy atom. The van der Waals surface area contributed by atoms with E-state index in [2.05, 4.69) is 25.4 Å². The summed E-state index contributed by atoms with van der Waals surface area (Å²) >= 11 is 5.85. The van der Waals surface area contributed by atoms with Gasteiger partial charge in [-0.3, -0.25) is 4.68 Å². The summed E-state index contributed by atoms with van der Waals surface area (Å²) in [5.74, 6) is 1.000. The van der Waals surface area contributed by atoms with E-state index in [9.17, 15) is 0 Å². The molecule has 8 heteroatoms. The lowest BCUT2D eigenvalue weighted by molar-refractivity contribution is 0.741. The molecule has 0 aliphatic rings. The maximum atomic E-state index is 5.85. The number of nitrogens with one attached hydrogen (secondary N) is 1. The van der Waals surface area contributed by atoms with Crippen molar-refractivity contribution in [2.24, 2.45) is 7.05 Å². The van der Waals surface area contributed by atoms with Gasteiger partial charge in [0.05, 0.1) is 5.69 Å².